The largest absolute Gasteiger partial charge is 0.448 e. The number of fused-ring (bicyclic) bond motifs is 1. The van der Waals surface area contributed by atoms with E-state index in [-0.39, 0.29) is 11.9 Å². The number of amides is 1. The van der Waals surface area contributed by atoms with Crippen LogP contribution < -0.4 is 0 Å². The number of carbonyl (C=O) groups is 2. The van der Waals surface area contributed by atoms with Crippen molar-refractivity contribution in [1.29, 1.82) is 0 Å². The molecule has 0 aromatic heterocycles. The molecule has 2 atom stereocenters. The van der Waals surface area contributed by atoms with E-state index in [9.17, 15) is 9.59 Å². The lowest BCUT2D eigenvalue weighted by atomic mass is 9.97. The molecule has 2 unspecified atom stereocenters. The molecule has 1 aliphatic carbocycles. The van der Waals surface area contributed by atoms with Gasteiger partial charge in [-0.2, -0.15) is 0 Å². The van der Waals surface area contributed by atoms with E-state index in [2.05, 4.69) is 6.92 Å². The molecule has 2 aliphatic rings. The molecule has 1 saturated carbocycles. The zero-order valence-electron chi connectivity index (χ0n) is 14.9. The summed E-state index contributed by atoms with van der Waals surface area (Å²) in [6.45, 7) is 2.66. The third kappa shape index (κ3) is 3.36. The maximum atomic E-state index is 13.3. The highest BCUT2D eigenvalue weighted by molar-refractivity contribution is 5.95. The fourth-order valence-corrected chi connectivity index (χ4v) is 3.69. The Morgan fingerprint density at radius 3 is 2.54 bits per heavy atom. The first-order valence-corrected chi connectivity index (χ1v) is 9.27. The fraction of sp³-hybridized carbons (Fsp3) is 0.364. The van der Waals surface area contributed by atoms with E-state index in [4.69, 9.17) is 4.74 Å². The zero-order valence-corrected chi connectivity index (χ0v) is 14.9. The first kappa shape index (κ1) is 16.8. The van der Waals surface area contributed by atoms with Gasteiger partial charge in [0, 0.05) is 19.0 Å². The molecule has 0 bridgehead atoms. The van der Waals surface area contributed by atoms with Crippen molar-refractivity contribution < 1.29 is 14.3 Å². The highest BCUT2D eigenvalue weighted by atomic mass is 16.5. The van der Waals surface area contributed by atoms with Crippen molar-refractivity contribution in [2.45, 2.75) is 44.9 Å². The predicted octanol–water partition coefficient (Wildman–Crippen LogP) is 3.60. The summed E-state index contributed by atoms with van der Waals surface area (Å²) in [6, 6.07) is 17.5. The lowest BCUT2D eigenvalue weighted by Crippen LogP contribution is -2.48. The number of hydrogen-bond acceptors (Lipinski definition) is 3. The van der Waals surface area contributed by atoms with E-state index >= 15 is 0 Å². The molecule has 1 aliphatic heterocycles. The second kappa shape index (κ2) is 6.94. The maximum Gasteiger partial charge on any atom is 0.339 e. The molecule has 26 heavy (non-hydrogen) atoms. The molecule has 1 fully saturated rings. The first-order chi connectivity index (χ1) is 12.6. The van der Waals surface area contributed by atoms with E-state index in [0.717, 1.165) is 24.0 Å². The Balaban J connectivity index is 1.57. The highest BCUT2D eigenvalue weighted by Gasteiger charge is 2.39. The third-order valence-corrected chi connectivity index (χ3v) is 5.44. The van der Waals surface area contributed by atoms with Crippen LogP contribution in [0, 0.1) is 5.92 Å². The van der Waals surface area contributed by atoms with Gasteiger partial charge in [-0.25, -0.2) is 4.79 Å². The van der Waals surface area contributed by atoms with Crippen LogP contribution in [0.25, 0.3) is 0 Å². The van der Waals surface area contributed by atoms with Crippen molar-refractivity contribution in [3.8, 4) is 0 Å². The summed E-state index contributed by atoms with van der Waals surface area (Å²) >= 11 is 0. The molecular formula is C22H23NO3. The van der Waals surface area contributed by atoms with Gasteiger partial charge in [0.15, 0.2) is 6.10 Å². The maximum absolute atomic E-state index is 13.3. The molecule has 2 aromatic rings. The molecule has 0 radical (unpaired) electrons. The van der Waals surface area contributed by atoms with Crippen molar-refractivity contribution in [3.63, 3.8) is 0 Å². The van der Waals surface area contributed by atoms with Gasteiger partial charge in [0.05, 0.1) is 5.56 Å². The Morgan fingerprint density at radius 1 is 1.12 bits per heavy atom. The quantitative estimate of drug-likeness (QED) is 0.775. The van der Waals surface area contributed by atoms with Gasteiger partial charge in [-0.15, -0.1) is 0 Å². The van der Waals surface area contributed by atoms with Crippen LogP contribution in [0.3, 0.4) is 0 Å². The van der Waals surface area contributed by atoms with Gasteiger partial charge in [0.1, 0.15) is 0 Å². The van der Waals surface area contributed by atoms with Crippen LogP contribution in [0.1, 0.15) is 41.3 Å². The summed E-state index contributed by atoms with van der Waals surface area (Å²) in [6.07, 6.45) is 2.03. The summed E-state index contributed by atoms with van der Waals surface area (Å²) < 4.78 is 5.51. The van der Waals surface area contributed by atoms with Gasteiger partial charge < -0.3 is 9.64 Å². The van der Waals surface area contributed by atoms with Gasteiger partial charge in [0.2, 0.25) is 0 Å². The number of cyclic esters (lactones) is 1. The van der Waals surface area contributed by atoms with E-state index in [1.54, 1.807) is 6.07 Å². The minimum absolute atomic E-state index is 0.0869. The third-order valence-electron chi connectivity index (χ3n) is 5.44. The SMILES string of the molecule is CC(C1CC1)N(Cc1ccccc1)C(=O)C1Cc2ccccc2C(=O)O1. The van der Waals surface area contributed by atoms with Crippen LogP contribution in [-0.2, 0) is 22.5 Å². The second-order valence-corrected chi connectivity index (χ2v) is 7.28. The van der Waals surface area contributed by atoms with Gasteiger partial charge in [-0.1, -0.05) is 48.5 Å². The summed E-state index contributed by atoms with van der Waals surface area (Å²) in [4.78, 5) is 27.5. The monoisotopic (exact) mass is 349 g/mol. The number of nitrogens with zero attached hydrogens (tertiary/aromatic N) is 1. The molecule has 0 saturated heterocycles. The average Bonchev–Trinajstić information content (AvgIpc) is 3.51. The van der Waals surface area contributed by atoms with E-state index in [1.807, 2.05) is 53.4 Å². The fourth-order valence-electron chi connectivity index (χ4n) is 3.69. The van der Waals surface area contributed by atoms with E-state index in [0.29, 0.717) is 24.4 Å². The van der Waals surface area contributed by atoms with Gasteiger partial charge in [0.25, 0.3) is 5.91 Å². The van der Waals surface area contributed by atoms with Crippen molar-refractivity contribution in [1.82, 2.24) is 4.90 Å². The van der Waals surface area contributed by atoms with E-state index < -0.39 is 12.1 Å². The van der Waals surface area contributed by atoms with Gasteiger partial charge >= 0.3 is 5.97 Å². The molecule has 134 valence electrons. The summed E-state index contributed by atoms with van der Waals surface area (Å²) in [5, 5.41) is 0. The van der Waals surface area contributed by atoms with Crippen molar-refractivity contribution >= 4 is 11.9 Å². The van der Waals surface area contributed by atoms with E-state index in [1.165, 1.54) is 0 Å². The molecule has 4 nitrogen and oxygen atoms in total. The molecule has 1 amide bonds. The number of ether oxygens (including phenoxy) is 1. The summed E-state index contributed by atoms with van der Waals surface area (Å²) in [5.74, 6) is 0.0642. The number of esters is 1. The van der Waals surface area contributed by atoms with Gasteiger partial charge in [-0.05, 0) is 42.9 Å². The highest BCUT2D eigenvalue weighted by Crippen LogP contribution is 2.36. The minimum Gasteiger partial charge on any atom is -0.448 e. The summed E-state index contributed by atoms with van der Waals surface area (Å²) in [5.41, 5.74) is 2.55. The zero-order chi connectivity index (χ0) is 18.1. The first-order valence-electron chi connectivity index (χ1n) is 9.27. The lowest BCUT2D eigenvalue weighted by Gasteiger charge is -2.34. The molecule has 0 spiro atoms. The van der Waals surface area contributed by atoms with Crippen molar-refractivity contribution in [2.75, 3.05) is 0 Å². The Hall–Kier alpha value is -2.62. The molecule has 0 N–H and O–H groups in total. The van der Waals surface area contributed by atoms with Gasteiger partial charge in [-0.3, -0.25) is 4.79 Å². The van der Waals surface area contributed by atoms with Crippen LogP contribution in [0.15, 0.2) is 54.6 Å². The van der Waals surface area contributed by atoms with Crippen molar-refractivity contribution in [3.05, 3.63) is 71.3 Å². The number of rotatable bonds is 5. The number of carbonyl (C=O) groups excluding carboxylic acids is 2. The molecule has 4 rings (SSSR count). The van der Waals surface area contributed by atoms with Crippen LogP contribution in [0.2, 0.25) is 0 Å². The summed E-state index contributed by atoms with van der Waals surface area (Å²) in [7, 11) is 0. The molecule has 2 aromatic carbocycles. The minimum atomic E-state index is -0.734. The van der Waals surface area contributed by atoms with Crippen LogP contribution in [0.5, 0.6) is 0 Å². The Kier molecular flexibility index (Phi) is 4.49. The van der Waals surface area contributed by atoms with Crippen molar-refractivity contribution in [2.24, 2.45) is 5.92 Å². The number of hydrogen-bond donors (Lipinski definition) is 0. The lowest BCUT2D eigenvalue weighted by molar-refractivity contribution is -0.144. The molecule has 4 heteroatoms. The molecule has 1 heterocycles. The predicted molar refractivity (Wildman–Crippen MR) is 98.5 cm³/mol. The standard InChI is InChI=1S/C22H23NO3/c1-15(17-11-12-17)23(14-16-7-3-2-4-8-16)21(24)20-13-18-9-5-6-10-19(18)22(25)26-20/h2-10,15,17,20H,11-14H2,1H3. The second-order valence-electron chi connectivity index (χ2n) is 7.28. The Morgan fingerprint density at radius 2 is 1.81 bits per heavy atom. The molecular weight excluding hydrogens is 326 g/mol. The number of benzene rings is 2. The topological polar surface area (TPSA) is 46.6 Å². The Labute approximate surface area is 153 Å². The average molecular weight is 349 g/mol. The van der Waals surface area contributed by atoms with Crippen LogP contribution >= 0.6 is 0 Å². The normalized spacial score (nSPS) is 20.0. The smallest absolute Gasteiger partial charge is 0.339 e. The van der Waals surface area contributed by atoms with Crippen LogP contribution in [-0.4, -0.2) is 28.9 Å². The Bertz CT molecular complexity index is 813. The van der Waals surface area contributed by atoms with Crippen LogP contribution in [0.4, 0.5) is 0 Å².